The molecule has 1 aromatic rings. The zero-order valence-corrected chi connectivity index (χ0v) is 12.7. The van der Waals surface area contributed by atoms with Gasteiger partial charge in [-0.25, -0.2) is 0 Å². The van der Waals surface area contributed by atoms with Crippen molar-refractivity contribution in [3.05, 3.63) is 29.8 Å². The van der Waals surface area contributed by atoms with Crippen LogP contribution in [0.1, 0.15) is 39.2 Å². The van der Waals surface area contributed by atoms with Crippen molar-refractivity contribution in [1.29, 1.82) is 5.26 Å². The number of nitrogens with zero attached hydrogens (tertiary/aromatic N) is 1. The van der Waals surface area contributed by atoms with E-state index in [1.165, 1.54) is 0 Å². The third-order valence-electron chi connectivity index (χ3n) is 5.17. The summed E-state index contributed by atoms with van der Waals surface area (Å²) < 4.78 is 5.28. The van der Waals surface area contributed by atoms with Crippen molar-refractivity contribution in [2.75, 3.05) is 7.11 Å². The first-order valence-electron chi connectivity index (χ1n) is 6.85. The molecule has 1 fully saturated rings. The average molecular weight is 271 g/mol. The van der Waals surface area contributed by atoms with E-state index in [1.54, 1.807) is 19.2 Å². The Morgan fingerprint density at radius 3 is 2.25 bits per heavy atom. The van der Waals surface area contributed by atoms with E-state index in [9.17, 15) is 10.1 Å². The molecule has 1 atom stereocenters. The highest BCUT2D eigenvalue weighted by Crippen LogP contribution is 2.69. The zero-order chi connectivity index (χ0) is 15.1. The first-order valence-corrected chi connectivity index (χ1v) is 6.85. The lowest BCUT2D eigenvalue weighted by Crippen LogP contribution is -2.17. The third kappa shape index (κ3) is 1.91. The van der Waals surface area contributed by atoms with E-state index in [1.807, 2.05) is 12.1 Å². The van der Waals surface area contributed by atoms with E-state index in [2.05, 4.69) is 33.8 Å². The minimum Gasteiger partial charge on any atom is -0.496 e. The summed E-state index contributed by atoms with van der Waals surface area (Å²) in [5.74, 6) is -0.225. The van der Waals surface area contributed by atoms with Gasteiger partial charge in [-0.15, -0.1) is 0 Å². The van der Waals surface area contributed by atoms with Crippen LogP contribution < -0.4 is 4.74 Å². The fourth-order valence-electron chi connectivity index (χ4n) is 3.27. The van der Waals surface area contributed by atoms with Gasteiger partial charge < -0.3 is 4.74 Å². The SMILES string of the molecule is COc1ccccc1C(C#N)C(=O)C1C(C)(C)C1(C)C. The van der Waals surface area contributed by atoms with Crippen LogP contribution in [0.25, 0.3) is 0 Å². The first-order chi connectivity index (χ1) is 9.29. The van der Waals surface area contributed by atoms with Crippen LogP contribution in [0.15, 0.2) is 24.3 Å². The number of para-hydroxylation sites is 1. The Morgan fingerprint density at radius 1 is 1.25 bits per heavy atom. The number of hydrogen-bond acceptors (Lipinski definition) is 3. The van der Waals surface area contributed by atoms with Crippen LogP contribution in [-0.4, -0.2) is 12.9 Å². The molecule has 0 saturated heterocycles. The highest BCUT2D eigenvalue weighted by atomic mass is 16.5. The molecule has 0 heterocycles. The molecule has 0 radical (unpaired) electrons. The van der Waals surface area contributed by atoms with E-state index >= 15 is 0 Å². The van der Waals surface area contributed by atoms with E-state index in [0.717, 1.165) is 0 Å². The van der Waals surface area contributed by atoms with Crippen molar-refractivity contribution in [3.8, 4) is 11.8 Å². The summed E-state index contributed by atoms with van der Waals surface area (Å²) in [5, 5.41) is 9.46. The highest BCUT2D eigenvalue weighted by Gasteiger charge is 2.68. The van der Waals surface area contributed by atoms with Gasteiger partial charge in [-0.05, 0) is 16.9 Å². The Balaban J connectivity index is 2.36. The van der Waals surface area contributed by atoms with Crippen LogP contribution in [0.2, 0.25) is 0 Å². The number of rotatable bonds is 4. The van der Waals surface area contributed by atoms with Gasteiger partial charge >= 0.3 is 0 Å². The number of methoxy groups -OCH3 is 1. The monoisotopic (exact) mass is 271 g/mol. The zero-order valence-electron chi connectivity index (χ0n) is 12.7. The maximum atomic E-state index is 12.8. The predicted molar refractivity (Wildman–Crippen MR) is 77.4 cm³/mol. The van der Waals surface area contributed by atoms with Gasteiger partial charge in [0.05, 0.1) is 13.2 Å². The molecule has 1 aromatic carbocycles. The van der Waals surface area contributed by atoms with Crippen LogP contribution >= 0.6 is 0 Å². The standard InChI is InChI=1S/C17H21NO2/c1-16(2)15(17(16,3)4)14(19)12(10-18)11-8-6-7-9-13(11)20-5/h6-9,12,15H,1-5H3. The van der Waals surface area contributed by atoms with Crippen molar-refractivity contribution >= 4 is 5.78 Å². The van der Waals surface area contributed by atoms with Gasteiger partial charge in [-0.1, -0.05) is 45.9 Å². The summed E-state index contributed by atoms with van der Waals surface area (Å²) in [6.45, 7) is 8.36. The number of ether oxygens (including phenoxy) is 1. The average Bonchev–Trinajstić information content (AvgIpc) is 2.81. The van der Waals surface area contributed by atoms with Crippen LogP contribution in [0, 0.1) is 28.1 Å². The molecule has 3 nitrogen and oxygen atoms in total. The minimum atomic E-state index is -0.753. The molecule has 1 saturated carbocycles. The number of carbonyl (C=O) groups excluding carboxylic acids is 1. The third-order valence-corrected chi connectivity index (χ3v) is 5.17. The van der Waals surface area contributed by atoms with Crippen molar-refractivity contribution in [1.82, 2.24) is 0 Å². The molecule has 0 aromatic heterocycles. The topological polar surface area (TPSA) is 50.1 Å². The molecule has 1 aliphatic carbocycles. The van der Waals surface area contributed by atoms with Gasteiger partial charge in [0.25, 0.3) is 0 Å². The van der Waals surface area contributed by atoms with E-state index in [4.69, 9.17) is 4.74 Å². The summed E-state index contributed by atoms with van der Waals surface area (Å²) in [5.41, 5.74) is 0.559. The van der Waals surface area contributed by atoms with Gasteiger partial charge in [0.1, 0.15) is 11.7 Å². The molecular formula is C17H21NO2. The van der Waals surface area contributed by atoms with Crippen molar-refractivity contribution < 1.29 is 9.53 Å². The molecule has 0 spiro atoms. The molecule has 1 aliphatic rings. The predicted octanol–water partition coefficient (Wildman–Crippen LogP) is 3.55. The lowest BCUT2D eigenvalue weighted by atomic mass is 9.90. The molecule has 2 rings (SSSR count). The Bertz CT molecular complexity index is 567. The minimum absolute atomic E-state index is 0.00648. The Morgan fingerprint density at radius 2 is 1.80 bits per heavy atom. The molecule has 0 aliphatic heterocycles. The summed E-state index contributed by atoms with van der Waals surface area (Å²) >= 11 is 0. The second-order valence-corrected chi connectivity index (χ2v) is 6.58. The van der Waals surface area contributed by atoms with Crippen molar-refractivity contribution in [2.45, 2.75) is 33.6 Å². The summed E-state index contributed by atoms with van der Waals surface area (Å²) in [6.07, 6.45) is 0. The number of hydrogen-bond donors (Lipinski definition) is 0. The molecule has 0 bridgehead atoms. The van der Waals surface area contributed by atoms with Crippen molar-refractivity contribution in [3.63, 3.8) is 0 Å². The van der Waals surface area contributed by atoms with Gasteiger partial charge in [0.15, 0.2) is 5.78 Å². The van der Waals surface area contributed by atoms with Crippen LogP contribution in [0.3, 0.4) is 0 Å². The summed E-state index contributed by atoms with van der Waals surface area (Å²) in [7, 11) is 1.56. The molecule has 106 valence electrons. The van der Waals surface area contributed by atoms with Gasteiger partial charge in [-0.3, -0.25) is 4.79 Å². The Labute approximate surface area is 120 Å². The molecular weight excluding hydrogens is 250 g/mol. The molecule has 20 heavy (non-hydrogen) atoms. The summed E-state index contributed by atoms with van der Waals surface area (Å²) in [4.78, 5) is 12.8. The Hall–Kier alpha value is -1.82. The van der Waals surface area contributed by atoms with Crippen LogP contribution in [0.5, 0.6) is 5.75 Å². The molecule has 3 heteroatoms. The van der Waals surface area contributed by atoms with Gasteiger partial charge in [-0.2, -0.15) is 5.26 Å². The second-order valence-electron chi connectivity index (χ2n) is 6.58. The smallest absolute Gasteiger partial charge is 0.158 e. The normalized spacial score (nSPS) is 20.8. The number of carbonyl (C=O) groups is 1. The quantitative estimate of drug-likeness (QED) is 0.841. The first kappa shape index (κ1) is 14.6. The summed E-state index contributed by atoms with van der Waals surface area (Å²) in [6, 6.07) is 9.42. The largest absolute Gasteiger partial charge is 0.496 e. The fraction of sp³-hybridized carbons (Fsp3) is 0.529. The highest BCUT2D eigenvalue weighted by molar-refractivity contribution is 5.94. The lowest BCUT2D eigenvalue weighted by Gasteiger charge is -2.13. The number of Topliss-reactive ketones (excluding diaryl/α,β-unsaturated/α-hetero) is 1. The van der Waals surface area contributed by atoms with Gasteiger partial charge in [0.2, 0.25) is 0 Å². The second kappa shape index (κ2) is 4.63. The fourth-order valence-corrected chi connectivity index (χ4v) is 3.27. The number of nitriles is 1. The van der Waals surface area contributed by atoms with Crippen molar-refractivity contribution in [2.24, 2.45) is 16.7 Å². The number of ketones is 1. The van der Waals surface area contributed by atoms with Crippen LogP contribution in [-0.2, 0) is 4.79 Å². The Kier molecular flexibility index (Phi) is 3.37. The van der Waals surface area contributed by atoms with E-state index in [-0.39, 0.29) is 22.5 Å². The molecule has 1 unspecified atom stereocenters. The number of benzene rings is 1. The maximum Gasteiger partial charge on any atom is 0.158 e. The van der Waals surface area contributed by atoms with Crippen LogP contribution in [0.4, 0.5) is 0 Å². The maximum absolute atomic E-state index is 12.8. The molecule has 0 N–H and O–H groups in total. The van der Waals surface area contributed by atoms with Gasteiger partial charge in [0, 0.05) is 11.5 Å². The lowest BCUT2D eigenvalue weighted by molar-refractivity contribution is -0.121. The molecule has 0 amide bonds. The van der Waals surface area contributed by atoms with E-state index in [0.29, 0.717) is 11.3 Å². The van der Waals surface area contributed by atoms with E-state index < -0.39 is 5.92 Å².